The third kappa shape index (κ3) is 5.82. The van der Waals surface area contributed by atoms with E-state index in [-0.39, 0.29) is 5.91 Å². The number of rotatable bonds is 7. The maximum atomic E-state index is 12.0. The van der Waals surface area contributed by atoms with Gasteiger partial charge in [0.15, 0.2) is 0 Å². The molecule has 0 radical (unpaired) electrons. The topological polar surface area (TPSA) is 41.1 Å². The summed E-state index contributed by atoms with van der Waals surface area (Å²) < 4.78 is 0. The Hall–Kier alpha value is -1.55. The van der Waals surface area contributed by atoms with Gasteiger partial charge in [-0.3, -0.25) is 4.79 Å². The number of benzene rings is 2. The van der Waals surface area contributed by atoms with E-state index in [1.54, 1.807) is 6.07 Å². The molecule has 0 aromatic heterocycles. The molecule has 2 aromatic carbocycles. The smallest absolute Gasteiger partial charge is 0.225 e. The molecule has 1 amide bonds. The Kier molecular flexibility index (Phi) is 7.10. The van der Waals surface area contributed by atoms with Crippen molar-refractivity contribution >= 4 is 34.8 Å². The molecule has 0 saturated heterocycles. The van der Waals surface area contributed by atoms with Crippen molar-refractivity contribution in [3.8, 4) is 0 Å². The van der Waals surface area contributed by atoms with Crippen LogP contribution in [0, 0.1) is 13.8 Å². The standard InChI is InChI=1S/C19H22Cl2N2O/c1-13-3-6-18(14(2)11-13)23-19(24)8-10-22-9-7-15-4-5-16(20)12-17(15)21/h3-6,11-12,22H,7-10H2,1-2H3,(H,23,24). The number of carbonyl (C=O) groups excluding carboxylic acids is 1. The van der Waals surface area contributed by atoms with E-state index in [0.717, 1.165) is 29.8 Å². The zero-order chi connectivity index (χ0) is 17.5. The molecule has 5 heteroatoms. The van der Waals surface area contributed by atoms with Gasteiger partial charge in [-0.05, 0) is 56.1 Å². The second-order valence-corrected chi connectivity index (χ2v) is 6.70. The number of halogens is 2. The van der Waals surface area contributed by atoms with Crippen molar-refractivity contribution in [3.05, 3.63) is 63.1 Å². The molecule has 2 aromatic rings. The minimum atomic E-state index is 0.0129. The van der Waals surface area contributed by atoms with Crippen LogP contribution in [0.5, 0.6) is 0 Å². The van der Waals surface area contributed by atoms with Crippen LogP contribution in [-0.2, 0) is 11.2 Å². The van der Waals surface area contributed by atoms with Crippen molar-refractivity contribution in [2.24, 2.45) is 0 Å². The molecule has 0 saturated carbocycles. The number of anilines is 1. The highest BCUT2D eigenvalue weighted by Gasteiger charge is 2.05. The van der Waals surface area contributed by atoms with Gasteiger partial charge in [0, 0.05) is 28.7 Å². The van der Waals surface area contributed by atoms with Gasteiger partial charge in [0.2, 0.25) is 5.91 Å². The Morgan fingerprint density at radius 3 is 2.54 bits per heavy atom. The van der Waals surface area contributed by atoms with E-state index in [4.69, 9.17) is 23.2 Å². The Morgan fingerprint density at radius 2 is 1.83 bits per heavy atom. The maximum absolute atomic E-state index is 12.0. The molecule has 0 heterocycles. The van der Waals surface area contributed by atoms with Crippen molar-refractivity contribution in [1.29, 1.82) is 0 Å². The number of nitrogens with one attached hydrogen (secondary N) is 2. The molecule has 3 nitrogen and oxygen atoms in total. The summed E-state index contributed by atoms with van der Waals surface area (Å²) in [6.45, 7) is 5.42. The van der Waals surface area contributed by atoms with Gasteiger partial charge in [0.25, 0.3) is 0 Å². The molecule has 128 valence electrons. The van der Waals surface area contributed by atoms with Crippen LogP contribution in [-0.4, -0.2) is 19.0 Å². The van der Waals surface area contributed by atoms with E-state index < -0.39 is 0 Å². The molecule has 0 aliphatic rings. The van der Waals surface area contributed by atoms with Crippen molar-refractivity contribution in [1.82, 2.24) is 5.32 Å². The van der Waals surface area contributed by atoms with Gasteiger partial charge in [-0.15, -0.1) is 0 Å². The SMILES string of the molecule is Cc1ccc(NC(=O)CCNCCc2ccc(Cl)cc2Cl)c(C)c1. The summed E-state index contributed by atoms with van der Waals surface area (Å²) in [5.41, 5.74) is 4.19. The fourth-order valence-corrected chi connectivity index (χ4v) is 2.94. The number of amides is 1. The summed E-state index contributed by atoms with van der Waals surface area (Å²) in [6.07, 6.45) is 1.23. The highest BCUT2D eigenvalue weighted by Crippen LogP contribution is 2.21. The molecule has 0 fully saturated rings. The predicted octanol–water partition coefficient (Wildman–Crippen LogP) is 4.77. The fourth-order valence-electron chi connectivity index (χ4n) is 2.44. The van der Waals surface area contributed by atoms with Gasteiger partial charge >= 0.3 is 0 Å². The minimum Gasteiger partial charge on any atom is -0.326 e. The first-order valence-electron chi connectivity index (χ1n) is 7.97. The summed E-state index contributed by atoms with van der Waals surface area (Å²) in [7, 11) is 0. The summed E-state index contributed by atoms with van der Waals surface area (Å²) in [5, 5.41) is 7.53. The van der Waals surface area contributed by atoms with Gasteiger partial charge in [0.1, 0.15) is 0 Å². The number of aryl methyl sites for hydroxylation is 2. The van der Waals surface area contributed by atoms with Crippen LogP contribution in [0.1, 0.15) is 23.1 Å². The molecule has 0 atom stereocenters. The van der Waals surface area contributed by atoms with E-state index in [9.17, 15) is 4.79 Å². The number of carbonyl (C=O) groups is 1. The lowest BCUT2D eigenvalue weighted by Crippen LogP contribution is -2.23. The van der Waals surface area contributed by atoms with Crippen LogP contribution >= 0.6 is 23.2 Å². The van der Waals surface area contributed by atoms with Gasteiger partial charge in [-0.2, -0.15) is 0 Å². The molecule has 0 bridgehead atoms. The first kappa shape index (κ1) is 18.8. The van der Waals surface area contributed by atoms with Gasteiger partial charge in [-0.1, -0.05) is 47.0 Å². The van der Waals surface area contributed by atoms with Crippen molar-refractivity contribution < 1.29 is 4.79 Å². The molecule has 24 heavy (non-hydrogen) atoms. The van der Waals surface area contributed by atoms with E-state index in [1.807, 2.05) is 38.1 Å². The highest BCUT2D eigenvalue weighted by molar-refractivity contribution is 6.35. The van der Waals surface area contributed by atoms with Gasteiger partial charge in [0.05, 0.1) is 0 Å². The Bertz CT molecular complexity index is 717. The largest absolute Gasteiger partial charge is 0.326 e. The van der Waals surface area contributed by atoms with E-state index >= 15 is 0 Å². The molecular weight excluding hydrogens is 343 g/mol. The summed E-state index contributed by atoms with van der Waals surface area (Å²) in [5.74, 6) is 0.0129. The zero-order valence-corrected chi connectivity index (χ0v) is 15.5. The third-order valence-electron chi connectivity index (χ3n) is 3.77. The lowest BCUT2D eigenvalue weighted by atomic mass is 10.1. The van der Waals surface area contributed by atoms with Crippen LogP contribution in [0.2, 0.25) is 10.0 Å². The summed E-state index contributed by atoms with van der Waals surface area (Å²) in [4.78, 5) is 12.0. The minimum absolute atomic E-state index is 0.0129. The lowest BCUT2D eigenvalue weighted by Gasteiger charge is -2.10. The number of hydrogen-bond donors (Lipinski definition) is 2. The van der Waals surface area contributed by atoms with Crippen LogP contribution in [0.3, 0.4) is 0 Å². The normalized spacial score (nSPS) is 10.7. The first-order chi connectivity index (χ1) is 11.5. The average Bonchev–Trinajstić information content (AvgIpc) is 2.51. The molecule has 0 spiro atoms. The first-order valence-corrected chi connectivity index (χ1v) is 8.73. The van der Waals surface area contributed by atoms with Crippen molar-refractivity contribution in [2.45, 2.75) is 26.7 Å². The van der Waals surface area contributed by atoms with E-state index in [1.165, 1.54) is 5.56 Å². The molecule has 2 N–H and O–H groups in total. The third-order valence-corrected chi connectivity index (χ3v) is 4.36. The molecule has 2 rings (SSSR count). The van der Waals surface area contributed by atoms with Crippen LogP contribution in [0.25, 0.3) is 0 Å². The molecule has 0 unspecified atom stereocenters. The van der Waals surface area contributed by atoms with Crippen LogP contribution < -0.4 is 10.6 Å². The Morgan fingerprint density at radius 1 is 1.04 bits per heavy atom. The monoisotopic (exact) mass is 364 g/mol. The number of hydrogen-bond acceptors (Lipinski definition) is 2. The summed E-state index contributed by atoms with van der Waals surface area (Å²) >= 11 is 12.0. The second kappa shape index (κ2) is 9.07. The lowest BCUT2D eigenvalue weighted by molar-refractivity contribution is -0.116. The van der Waals surface area contributed by atoms with Crippen molar-refractivity contribution in [2.75, 3.05) is 18.4 Å². The molecular formula is C19H22Cl2N2O. The van der Waals surface area contributed by atoms with E-state index in [0.29, 0.717) is 23.0 Å². The van der Waals surface area contributed by atoms with Gasteiger partial charge in [-0.25, -0.2) is 0 Å². The van der Waals surface area contributed by atoms with Gasteiger partial charge < -0.3 is 10.6 Å². The van der Waals surface area contributed by atoms with Crippen molar-refractivity contribution in [3.63, 3.8) is 0 Å². The Balaban J connectivity index is 1.69. The van der Waals surface area contributed by atoms with E-state index in [2.05, 4.69) is 16.7 Å². The quantitative estimate of drug-likeness (QED) is 0.694. The zero-order valence-electron chi connectivity index (χ0n) is 14.0. The maximum Gasteiger partial charge on any atom is 0.225 e. The average molecular weight is 365 g/mol. The Labute approximate surface area is 153 Å². The predicted molar refractivity (Wildman–Crippen MR) is 102 cm³/mol. The molecule has 0 aliphatic heterocycles. The highest BCUT2D eigenvalue weighted by atomic mass is 35.5. The van der Waals surface area contributed by atoms with Crippen LogP contribution in [0.4, 0.5) is 5.69 Å². The second-order valence-electron chi connectivity index (χ2n) is 5.85. The molecule has 0 aliphatic carbocycles. The fraction of sp³-hybridized carbons (Fsp3) is 0.316. The summed E-state index contributed by atoms with van der Waals surface area (Å²) in [6, 6.07) is 11.5. The van der Waals surface area contributed by atoms with Crippen LogP contribution in [0.15, 0.2) is 36.4 Å².